The number of rotatable bonds is 4. The van der Waals surface area contributed by atoms with E-state index in [0.29, 0.717) is 13.1 Å². The second-order valence-electron chi connectivity index (χ2n) is 8.24. The molecule has 4 heterocycles. The van der Waals surface area contributed by atoms with Crippen LogP contribution in [-0.4, -0.2) is 98.1 Å². The summed E-state index contributed by atoms with van der Waals surface area (Å²) in [6, 6.07) is -0.0391. The van der Waals surface area contributed by atoms with Crippen molar-refractivity contribution in [1.82, 2.24) is 31.3 Å². The van der Waals surface area contributed by atoms with Crippen LogP contribution in [0.25, 0.3) is 0 Å². The monoisotopic (exact) mass is 401 g/mol. The van der Waals surface area contributed by atoms with Gasteiger partial charge in [0, 0.05) is 32.7 Å². The summed E-state index contributed by atoms with van der Waals surface area (Å²) in [5.74, 6) is -0.400. The molecule has 0 spiro atoms. The molecule has 0 aromatic heterocycles. The number of fused-ring (bicyclic) bond motifs is 1. The second-order valence-corrected chi connectivity index (χ2v) is 8.86. The first kappa shape index (κ1) is 19.8. The smallest absolute Gasteiger partial charge is 0.229 e. The molecule has 154 valence electrons. The van der Waals surface area contributed by atoms with Crippen LogP contribution in [0.2, 0.25) is 0 Å². The molecule has 1 amide bonds. The number of likely N-dealkylation sites (N-methyl/N-ethyl adjacent to an activating group) is 1. The number of nitrogens with one attached hydrogen (secondary N) is 4. The van der Waals surface area contributed by atoms with Gasteiger partial charge in [0.2, 0.25) is 5.91 Å². The fourth-order valence-electron chi connectivity index (χ4n) is 4.65. The van der Waals surface area contributed by atoms with Crippen LogP contribution in [0, 0.1) is 5.92 Å². The summed E-state index contributed by atoms with van der Waals surface area (Å²) in [5.41, 5.74) is 9.40. The summed E-state index contributed by atoms with van der Waals surface area (Å²) >= 11 is 6.21. The summed E-state index contributed by atoms with van der Waals surface area (Å²) in [6.45, 7) is 5.01. The van der Waals surface area contributed by atoms with Crippen molar-refractivity contribution in [2.75, 3.05) is 46.3 Å². The number of carbonyl (C=O) groups is 1. The predicted molar refractivity (Wildman–Crippen MR) is 103 cm³/mol. The topological polar surface area (TPSA) is 107 Å². The van der Waals surface area contributed by atoms with Gasteiger partial charge in [-0.05, 0) is 26.4 Å². The minimum Gasteiger partial charge on any atom is -0.371 e. The highest BCUT2D eigenvalue weighted by Crippen LogP contribution is 2.24. The molecule has 0 aromatic rings. The largest absolute Gasteiger partial charge is 0.371 e. The van der Waals surface area contributed by atoms with E-state index < -0.39 is 6.17 Å². The fourth-order valence-corrected chi connectivity index (χ4v) is 4.89. The van der Waals surface area contributed by atoms with Crippen LogP contribution >= 0.6 is 11.6 Å². The zero-order chi connectivity index (χ0) is 19.0. The van der Waals surface area contributed by atoms with E-state index in [1.54, 1.807) is 0 Å². The van der Waals surface area contributed by atoms with Crippen molar-refractivity contribution >= 4 is 17.5 Å². The number of piperidine rings is 1. The van der Waals surface area contributed by atoms with Crippen LogP contribution < -0.4 is 27.1 Å². The number of hydrogen-bond donors (Lipinski definition) is 5. The first-order valence-electron chi connectivity index (χ1n) is 10.0. The molecule has 0 bridgehead atoms. The molecule has 6 unspecified atom stereocenters. The molecule has 7 atom stereocenters. The standard InChI is InChI=1S/C17H32ClN7O2/c1-24-5-3-11(9-24)27-13-2-4-20-7-12(13)22-17(26)14-15(19)23-25-8-10(18)6-21-16(14)25/h10-16,20-21,23H,2-9,19H2,1H3,(H,22,26)/t10?,11-,12?,13?,14?,15?,16?/m1/s1. The van der Waals surface area contributed by atoms with Crippen molar-refractivity contribution < 1.29 is 9.53 Å². The van der Waals surface area contributed by atoms with Gasteiger partial charge in [0.15, 0.2) is 0 Å². The van der Waals surface area contributed by atoms with E-state index in [4.69, 9.17) is 22.1 Å². The SMILES string of the molecule is CN1CC[C@@H](OC2CCNCC2NC(=O)C2C(N)NN3CC(Cl)CNC23)C1. The van der Waals surface area contributed by atoms with E-state index in [-0.39, 0.29) is 41.6 Å². The molecule has 0 saturated carbocycles. The van der Waals surface area contributed by atoms with Gasteiger partial charge in [0.25, 0.3) is 0 Å². The molecule has 6 N–H and O–H groups in total. The highest BCUT2D eigenvalue weighted by Gasteiger charge is 2.47. The van der Waals surface area contributed by atoms with E-state index in [9.17, 15) is 4.79 Å². The van der Waals surface area contributed by atoms with Crippen molar-refractivity contribution in [2.45, 2.75) is 48.8 Å². The van der Waals surface area contributed by atoms with Crippen molar-refractivity contribution in [1.29, 1.82) is 0 Å². The Balaban J connectivity index is 1.37. The van der Waals surface area contributed by atoms with Gasteiger partial charge in [0.05, 0.1) is 41.9 Å². The number of halogens is 1. The quantitative estimate of drug-likeness (QED) is 0.338. The lowest BCUT2D eigenvalue weighted by molar-refractivity contribution is -0.129. The molecular formula is C17H32ClN7O2. The number of alkyl halides is 1. The van der Waals surface area contributed by atoms with Crippen LogP contribution in [0.1, 0.15) is 12.8 Å². The van der Waals surface area contributed by atoms with Gasteiger partial charge < -0.3 is 26.0 Å². The van der Waals surface area contributed by atoms with Crippen LogP contribution in [0.15, 0.2) is 0 Å². The maximum absolute atomic E-state index is 13.1. The normalized spacial score (nSPS) is 43.6. The van der Waals surface area contributed by atoms with Gasteiger partial charge in [-0.15, -0.1) is 11.6 Å². The van der Waals surface area contributed by atoms with Crippen LogP contribution in [0.3, 0.4) is 0 Å². The van der Waals surface area contributed by atoms with E-state index in [1.165, 1.54) is 0 Å². The van der Waals surface area contributed by atoms with Crippen LogP contribution in [0.5, 0.6) is 0 Å². The summed E-state index contributed by atoms with van der Waals surface area (Å²) in [4.78, 5) is 15.4. The molecule has 0 aliphatic carbocycles. The molecule has 9 nitrogen and oxygen atoms in total. The fraction of sp³-hybridized carbons (Fsp3) is 0.941. The highest BCUT2D eigenvalue weighted by molar-refractivity contribution is 6.21. The number of ether oxygens (including phenoxy) is 1. The lowest BCUT2D eigenvalue weighted by atomic mass is 9.98. The van der Waals surface area contributed by atoms with Crippen molar-refractivity contribution in [2.24, 2.45) is 11.7 Å². The maximum Gasteiger partial charge on any atom is 0.229 e. The molecule has 27 heavy (non-hydrogen) atoms. The number of amides is 1. The van der Waals surface area contributed by atoms with Crippen molar-refractivity contribution in [3.63, 3.8) is 0 Å². The molecule has 0 radical (unpaired) electrons. The Bertz CT molecular complexity index is 541. The zero-order valence-corrected chi connectivity index (χ0v) is 16.6. The Morgan fingerprint density at radius 2 is 2.15 bits per heavy atom. The molecule has 4 aliphatic rings. The third kappa shape index (κ3) is 4.40. The third-order valence-corrected chi connectivity index (χ3v) is 6.38. The highest BCUT2D eigenvalue weighted by atomic mass is 35.5. The lowest BCUT2D eigenvalue weighted by Crippen LogP contribution is -2.61. The number of likely N-dealkylation sites (tertiary alicyclic amines) is 1. The summed E-state index contributed by atoms with van der Waals surface area (Å²) in [7, 11) is 2.12. The van der Waals surface area contributed by atoms with Gasteiger partial charge in [-0.3, -0.25) is 10.1 Å². The number of carbonyl (C=O) groups excluding carboxylic acids is 1. The van der Waals surface area contributed by atoms with E-state index in [0.717, 1.165) is 39.0 Å². The van der Waals surface area contributed by atoms with Crippen molar-refractivity contribution in [3.8, 4) is 0 Å². The van der Waals surface area contributed by atoms with E-state index >= 15 is 0 Å². The van der Waals surface area contributed by atoms with Gasteiger partial charge >= 0.3 is 0 Å². The number of nitrogens with two attached hydrogens (primary N) is 1. The molecule has 4 saturated heterocycles. The van der Waals surface area contributed by atoms with Crippen LogP contribution in [-0.2, 0) is 9.53 Å². The Kier molecular flexibility index (Phi) is 6.20. The number of nitrogens with zero attached hydrogens (tertiary/aromatic N) is 2. The Labute approximate surface area is 165 Å². The number of hydrazine groups is 1. The summed E-state index contributed by atoms with van der Waals surface area (Å²) in [6.07, 6.45) is 1.70. The first-order valence-corrected chi connectivity index (χ1v) is 10.5. The van der Waals surface area contributed by atoms with Gasteiger partial charge in [0.1, 0.15) is 0 Å². The van der Waals surface area contributed by atoms with Gasteiger partial charge in [-0.2, -0.15) is 0 Å². The van der Waals surface area contributed by atoms with E-state index in [2.05, 4.69) is 33.3 Å². The molecular weight excluding hydrogens is 370 g/mol. The van der Waals surface area contributed by atoms with Gasteiger partial charge in [-0.1, -0.05) is 0 Å². The summed E-state index contributed by atoms with van der Waals surface area (Å²) < 4.78 is 6.36. The minimum absolute atomic E-state index is 0.00706. The average Bonchev–Trinajstić information content (AvgIpc) is 3.18. The van der Waals surface area contributed by atoms with Crippen LogP contribution in [0.4, 0.5) is 0 Å². The Morgan fingerprint density at radius 3 is 2.93 bits per heavy atom. The molecule has 4 fully saturated rings. The Hall–Kier alpha value is -0.520. The maximum atomic E-state index is 13.1. The minimum atomic E-state index is -0.427. The molecule has 10 heteroatoms. The lowest BCUT2D eigenvalue weighted by Gasteiger charge is -2.37. The predicted octanol–water partition coefficient (Wildman–Crippen LogP) is -2.19. The second kappa shape index (κ2) is 8.46. The zero-order valence-electron chi connectivity index (χ0n) is 15.9. The molecule has 4 aliphatic heterocycles. The van der Waals surface area contributed by atoms with Gasteiger partial charge in [-0.25, -0.2) is 10.4 Å². The van der Waals surface area contributed by atoms with E-state index in [1.807, 2.05) is 5.01 Å². The molecule has 4 rings (SSSR count). The summed E-state index contributed by atoms with van der Waals surface area (Å²) in [5, 5.41) is 11.9. The average molecular weight is 402 g/mol. The first-order chi connectivity index (χ1) is 13.0. The third-order valence-electron chi connectivity index (χ3n) is 6.09. The number of hydrogen-bond acceptors (Lipinski definition) is 8. The van der Waals surface area contributed by atoms with Crippen molar-refractivity contribution in [3.05, 3.63) is 0 Å². The Morgan fingerprint density at radius 1 is 1.30 bits per heavy atom. The molecule has 0 aromatic carbocycles.